The van der Waals surface area contributed by atoms with E-state index in [4.69, 9.17) is 4.74 Å². The lowest BCUT2D eigenvalue weighted by atomic mass is 10.1. The average Bonchev–Trinajstić information content (AvgIpc) is 2.81. The van der Waals surface area contributed by atoms with Gasteiger partial charge in [0.05, 0.1) is 19.0 Å². The summed E-state index contributed by atoms with van der Waals surface area (Å²) in [7, 11) is 1.58. The smallest absolute Gasteiger partial charge is 0.163 e. The highest BCUT2D eigenvalue weighted by molar-refractivity contribution is 5.36. The minimum absolute atomic E-state index is 0.590. The first-order valence-electron chi connectivity index (χ1n) is 6.79. The number of hydrogen-bond acceptors (Lipinski definition) is 4. The molecule has 0 radical (unpaired) electrons. The molecule has 20 heavy (non-hydrogen) atoms. The molecule has 2 rings (SSSR count). The van der Waals surface area contributed by atoms with Crippen molar-refractivity contribution in [2.45, 2.75) is 39.8 Å². The summed E-state index contributed by atoms with van der Waals surface area (Å²) in [5, 5.41) is 14.9. The summed E-state index contributed by atoms with van der Waals surface area (Å²) in [5.41, 5.74) is 3.34. The zero-order chi connectivity index (χ0) is 14.7. The van der Waals surface area contributed by atoms with Crippen LogP contribution in [0.4, 0.5) is 0 Å². The van der Waals surface area contributed by atoms with Crippen molar-refractivity contribution in [2.24, 2.45) is 0 Å². The SMILES string of the molecule is CCCn1ncc(OC)c1C(O)c1ncc(C)cc1C. The first-order chi connectivity index (χ1) is 9.58. The van der Waals surface area contributed by atoms with Gasteiger partial charge in [0.15, 0.2) is 5.75 Å². The Morgan fingerprint density at radius 2 is 2.10 bits per heavy atom. The van der Waals surface area contributed by atoms with Gasteiger partial charge in [-0.1, -0.05) is 13.0 Å². The van der Waals surface area contributed by atoms with Gasteiger partial charge < -0.3 is 9.84 Å². The normalized spacial score (nSPS) is 12.4. The summed E-state index contributed by atoms with van der Waals surface area (Å²) in [6.45, 7) is 6.74. The minimum Gasteiger partial charge on any atom is -0.493 e. The fourth-order valence-corrected chi connectivity index (χ4v) is 2.34. The third-order valence-corrected chi connectivity index (χ3v) is 3.27. The summed E-state index contributed by atoms with van der Waals surface area (Å²) in [5.74, 6) is 0.590. The van der Waals surface area contributed by atoms with Gasteiger partial charge in [-0.2, -0.15) is 5.10 Å². The fourth-order valence-electron chi connectivity index (χ4n) is 2.34. The molecule has 0 aliphatic rings. The molecule has 0 aliphatic carbocycles. The lowest BCUT2D eigenvalue weighted by molar-refractivity contribution is 0.196. The van der Waals surface area contributed by atoms with Crippen molar-refractivity contribution < 1.29 is 9.84 Å². The van der Waals surface area contributed by atoms with Crippen LogP contribution in [0.1, 0.15) is 42.0 Å². The standard InChI is InChI=1S/C15H21N3O2/c1-5-6-18-14(12(20-4)9-17-18)15(19)13-11(3)7-10(2)8-16-13/h7-9,15,19H,5-6H2,1-4H3. The number of aromatic nitrogens is 3. The van der Waals surface area contributed by atoms with Gasteiger partial charge >= 0.3 is 0 Å². The van der Waals surface area contributed by atoms with Crippen LogP contribution in [0.3, 0.4) is 0 Å². The maximum atomic E-state index is 10.7. The van der Waals surface area contributed by atoms with Gasteiger partial charge in [-0.25, -0.2) is 0 Å². The second-order valence-electron chi connectivity index (χ2n) is 4.94. The summed E-state index contributed by atoms with van der Waals surface area (Å²) in [6, 6.07) is 2.01. The van der Waals surface area contributed by atoms with Crippen LogP contribution in [0.25, 0.3) is 0 Å². The quantitative estimate of drug-likeness (QED) is 0.910. The largest absolute Gasteiger partial charge is 0.493 e. The number of aryl methyl sites for hydroxylation is 3. The number of nitrogens with zero attached hydrogens (tertiary/aromatic N) is 3. The maximum Gasteiger partial charge on any atom is 0.163 e. The predicted molar refractivity (Wildman–Crippen MR) is 76.8 cm³/mol. The van der Waals surface area contributed by atoms with E-state index in [0.29, 0.717) is 17.1 Å². The topological polar surface area (TPSA) is 60.2 Å². The number of ether oxygens (including phenoxy) is 1. The average molecular weight is 275 g/mol. The monoisotopic (exact) mass is 275 g/mol. The van der Waals surface area contributed by atoms with Crippen LogP contribution in [-0.4, -0.2) is 27.0 Å². The minimum atomic E-state index is -0.834. The molecule has 0 aromatic carbocycles. The number of hydrogen-bond donors (Lipinski definition) is 1. The number of aliphatic hydroxyl groups is 1. The van der Waals surface area contributed by atoms with Crippen molar-refractivity contribution in [1.82, 2.24) is 14.8 Å². The van der Waals surface area contributed by atoms with E-state index in [2.05, 4.69) is 17.0 Å². The van der Waals surface area contributed by atoms with Crippen molar-refractivity contribution in [3.05, 3.63) is 41.0 Å². The number of pyridine rings is 1. The van der Waals surface area contributed by atoms with Gasteiger partial charge in [-0.05, 0) is 31.4 Å². The molecule has 0 fully saturated rings. The molecule has 0 spiro atoms. The summed E-state index contributed by atoms with van der Waals surface area (Å²) < 4.78 is 7.09. The predicted octanol–water partition coefficient (Wildman–Crippen LogP) is 2.40. The van der Waals surface area contributed by atoms with E-state index >= 15 is 0 Å². The Labute approximate surface area is 119 Å². The van der Waals surface area contributed by atoms with Crippen LogP contribution in [0.5, 0.6) is 5.75 Å². The van der Waals surface area contributed by atoms with Gasteiger partial charge in [-0.15, -0.1) is 0 Å². The molecule has 0 saturated heterocycles. The van der Waals surface area contributed by atoms with Crippen molar-refractivity contribution >= 4 is 0 Å². The van der Waals surface area contributed by atoms with Crippen LogP contribution in [0.15, 0.2) is 18.5 Å². The molecule has 2 aromatic heterocycles. The Bertz CT molecular complexity index is 593. The highest BCUT2D eigenvalue weighted by atomic mass is 16.5. The highest BCUT2D eigenvalue weighted by Crippen LogP contribution is 2.30. The zero-order valence-corrected chi connectivity index (χ0v) is 12.4. The van der Waals surface area contributed by atoms with Crippen LogP contribution in [0.2, 0.25) is 0 Å². The molecule has 0 aliphatic heterocycles. The molecule has 0 bridgehead atoms. The van der Waals surface area contributed by atoms with Gasteiger partial charge in [-0.3, -0.25) is 9.67 Å². The first kappa shape index (κ1) is 14.5. The second-order valence-corrected chi connectivity index (χ2v) is 4.94. The van der Waals surface area contributed by atoms with Crippen LogP contribution < -0.4 is 4.74 Å². The Hall–Kier alpha value is -1.88. The maximum absolute atomic E-state index is 10.7. The molecule has 1 atom stereocenters. The number of rotatable bonds is 5. The molecule has 0 amide bonds. The third kappa shape index (κ3) is 2.67. The van der Waals surface area contributed by atoms with Gasteiger partial charge in [0.25, 0.3) is 0 Å². The zero-order valence-electron chi connectivity index (χ0n) is 12.4. The highest BCUT2D eigenvalue weighted by Gasteiger charge is 2.23. The van der Waals surface area contributed by atoms with E-state index in [1.54, 1.807) is 24.2 Å². The molecule has 2 heterocycles. The Morgan fingerprint density at radius 3 is 2.70 bits per heavy atom. The Morgan fingerprint density at radius 1 is 1.35 bits per heavy atom. The number of aliphatic hydroxyl groups excluding tert-OH is 1. The summed E-state index contributed by atoms with van der Waals surface area (Å²) in [4.78, 5) is 4.36. The Kier molecular flexibility index (Phi) is 4.39. The number of methoxy groups -OCH3 is 1. The van der Waals surface area contributed by atoms with Gasteiger partial charge in [0.1, 0.15) is 11.8 Å². The molecule has 5 nitrogen and oxygen atoms in total. The third-order valence-electron chi connectivity index (χ3n) is 3.27. The van der Waals surface area contributed by atoms with E-state index in [1.807, 2.05) is 19.9 Å². The fraction of sp³-hybridized carbons (Fsp3) is 0.467. The lowest BCUT2D eigenvalue weighted by Gasteiger charge is -2.16. The van der Waals surface area contributed by atoms with E-state index in [0.717, 1.165) is 24.1 Å². The lowest BCUT2D eigenvalue weighted by Crippen LogP contribution is -2.13. The first-order valence-corrected chi connectivity index (χ1v) is 6.79. The van der Waals surface area contributed by atoms with Crippen LogP contribution in [0, 0.1) is 13.8 Å². The van der Waals surface area contributed by atoms with Gasteiger partial charge in [0, 0.05) is 12.7 Å². The molecular weight excluding hydrogens is 254 g/mol. The van der Waals surface area contributed by atoms with Crippen molar-refractivity contribution in [3.63, 3.8) is 0 Å². The van der Waals surface area contributed by atoms with Crippen LogP contribution in [-0.2, 0) is 6.54 Å². The van der Waals surface area contributed by atoms with E-state index in [-0.39, 0.29) is 0 Å². The Balaban J connectivity index is 2.46. The molecule has 2 aromatic rings. The molecule has 1 N–H and O–H groups in total. The van der Waals surface area contributed by atoms with Crippen LogP contribution >= 0.6 is 0 Å². The van der Waals surface area contributed by atoms with E-state index in [1.165, 1.54) is 0 Å². The molecule has 1 unspecified atom stereocenters. The molecular formula is C15H21N3O2. The summed E-state index contributed by atoms with van der Waals surface area (Å²) in [6.07, 6.45) is 3.50. The van der Waals surface area contributed by atoms with Crippen molar-refractivity contribution in [1.29, 1.82) is 0 Å². The van der Waals surface area contributed by atoms with Crippen molar-refractivity contribution in [2.75, 3.05) is 7.11 Å². The van der Waals surface area contributed by atoms with E-state index in [9.17, 15) is 5.11 Å². The van der Waals surface area contributed by atoms with Crippen molar-refractivity contribution in [3.8, 4) is 5.75 Å². The summed E-state index contributed by atoms with van der Waals surface area (Å²) >= 11 is 0. The second kappa shape index (κ2) is 6.05. The molecule has 0 saturated carbocycles. The molecule has 5 heteroatoms. The molecule has 108 valence electrons. The van der Waals surface area contributed by atoms with Gasteiger partial charge in [0.2, 0.25) is 0 Å². The van der Waals surface area contributed by atoms with E-state index < -0.39 is 6.10 Å².